The lowest BCUT2D eigenvalue weighted by molar-refractivity contribution is 0.0618. The summed E-state index contributed by atoms with van der Waals surface area (Å²) >= 11 is 5.69. The molecule has 21 heavy (non-hydrogen) atoms. The van der Waals surface area contributed by atoms with Gasteiger partial charge in [-0.2, -0.15) is 0 Å². The van der Waals surface area contributed by atoms with Crippen molar-refractivity contribution in [2.75, 3.05) is 39.8 Å². The van der Waals surface area contributed by atoms with Gasteiger partial charge in [0.15, 0.2) is 0 Å². The van der Waals surface area contributed by atoms with E-state index in [2.05, 4.69) is 36.0 Å². The number of nitrogens with zero attached hydrogens (tertiary/aromatic N) is 2. The van der Waals surface area contributed by atoms with E-state index in [4.69, 9.17) is 11.6 Å². The van der Waals surface area contributed by atoms with Crippen LogP contribution in [0.3, 0.4) is 0 Å². The second-order valence-corrected chi connectivity index (χ2v) is 6.86. The summed E-state index contributed by atoms with van der Waals surface area (Å²) in [6.07, 6.45) is 0. The molecule has 0 saturated carbocycles. The second-order valence-electron chi connectivity index (χ2n) is 6.45. The summed E-state index contributed by atoms with van der Waals surface area (Å²) in [4.78, 5) is 4.87. The third-order valence-corrected chi connectivity index (χ3v) is 4.54. The number of benzene rings is 1. The third kappa shape index (κ3) is 4.65. The summed E-state index contributed by atoms with van der Waals surface area (Å²) in [5, 5.41) is 3.61. The van der Waals surface area contributed by atoms with Crippen LogP contribution in [0, 0.1) is 5.82 Å². The largest absolute Gasteiger partial charge is 0.311 e. The zero-order valence-corrected chi connectivity index (χ0v) is 13.9. The van der Waals surface area contributed by atoms with Gasteiger partial charge in [0.05, 0.1) is 5.02 Å². The molecule has 1 saturated heterocycles. The minimum Gasteiger partial charge on any atom is -0.311 e. The van der Waals surface area contributed by atoms with Crippen molar-refractivity contribution in [3.05, 3.63) is 34.6 Å². The molecular weight excluding hydrogens is 289 g/mol. The van der Waals surface area contributed by atoms with Gasteiger partial charge in [-0.15, -0.1) is 0 Å². The predicted octanol–water partition coefficient (Wildman–Crippen LogP) is 2.59. The fraction of sp³-hybridized carbons (Fsp3) is 0.625. The van der Waals surface area contributed by atoms with Gasteiger partial charge in [-0.25, -0.2) is 4.39 Å². The lowest BCUT2D eigenvalue weighted by Gasteiger charge is -2.43. The minimum absolute atomic E-state index is 0.103. The van der Waals surface area contributed by atoms with E-state index in [1.165, 1.54) is 6.07 Å². The van der Waals surface area contributed by atoms with Crippen LogP contribution in [-0.4, -0.2) is 55.1 Å². The minimum atomic E-state index is -0.353. The molecule has 1 heterocycles. The first-order valence-electron chi connectivity index (χ1n) is 7.47. The Labute approximate surface area is 132 Å². The van der Waals surface area contributed by atoms with Crippen LogP contribution < -0.4 is 5.32 Å². The summed E-state index contributed by atoms with van der Waals surface area (Å²) in [5.74, 6) is -0.353. The Bertz CT molecular complexity index is 471. The molecule has 0 aromatic heterocycles. The van der Waals surface area contributed by atoms with Crippen LogP contribution in [0.1, 0.15) is 19.4 Å². The van der Waals surface area contributed by atoms with Crippen LogP contribution in [-0.2, 0) is 6.54 Å². The molecule has 1 aromatic carbocycles. The number of piperazine rings is 1. The normalized spacial score (nSPS) is 18.1. The molecule has 3 nitrogen and oxygen atoms in total. The van der Waals surface area contributed by atoms with Gasteiger partial charge < -0.3 is 10.2 Å². The number of likely N-dealkylation sites (N-methyl/N-ethyl adjacent to an activating group) is 1. The maximum Gasteiger partial charge on any atom is 0.142 e. The van der Waals surface area contributed by atoms with Gasteiger partial charge in [-0.05, 0) is 38.6 Å². The molecule has 1 aliphatic rings. The highest BCUT2D eigenvalue weighted by Crippen LogP contribution is 2.17. The van der Waals surface area contributed by atoms with Crippen LogP contribution >= 0.6 is 11.6 Å². The zero-order valence-electron chi connectivity index (χ0n) is 13.1. The Morgan fingerprint density at radius 2 is 1.90 bits per heavy atom. The van der Waals surface area contributed by atoms with Gasteiger partial charge in [0.1, 0.15) is 5.82 Å². The summed E-state index contributed by atoms with van der Waals surface area (Å²) in [6.45, 7) is 10.5. The van der Waals surface area contributed by atoms with Crippen molar-refractivity contribution >= 4 is 11.6 Å². The molecule has 0 unspecified atom stereocenters. The van der Waals surface area contributed by atoms with Gasteiger partial charge in [-0.1, -0.05) is 17.7 Å². The number of hydrogen-bond acceptors (Lipinski definition) is 3. The summed E-state index contributed by atoms with van der Waals surface area (Å²) in [7, 11) is 2.16. The van der Waals surface area contributed by atoms with Gasteiger partial charge in [0.2, 0.25) is 0 Å². The van der Waals surface area contributed by atoms with Crippen molar-refractivity contribution in [2.45, 2.75) is 25.9 Å². The van der Waals surface area contributed by atoms with Crippen molar-refractivity contribution in [3.63, 3.8) is 0 Å². The average molecular weight is 314 g/mol. The molecule has 5 heteroatoms. The van der Waals surface area contributed by atoms with Crippen molar-refractivity contribution in [1.29, 1.82) is 0 Å². The molecule has 0 bridgehead atoms. The monoisotopic (exact) mass is 313 g/mol. The smallest absolute Gasteiger partial charge is 0.142 e. The molecular formula is C16H25ClFN3. The molecule has 1 aromatic rings. The Kier molecular flexibility index (Phi) is 5.60. The Morgan fingerprint density at radius 1 is 1.24 bits per heavy atom. The van der Waals surface area contributed by atoms with Crippen LogP contribution in [0.15, 0.2) is 18.2 Å². The van der Waals surface area contributed by atoms with E-state index in [1.807, 2.05) is 6.07 Å². The molecule has 2 rings (SSSR count). The van der Waals surface area contributed by atoms with E-state index in [-0.39, 0.29) is 16.4 Å². The molecule has 1 aliphatic heterocycles. The summed E-state index contributed by atoms with van der Waals surface area (Å²) in [5.41, 5.74) is 1.03. The first kappa shape index (κ1) is 16.7. The molecule has 0 radical (unpaired) electrons. The average Bonchev–Trinajstić information content (AvgIpc) is 2.43. The van der Waals surface area contributed by atoms with Gasteiger partial charge in [0.25, 0.3) is 0 Å². The van der Waals surface area contributed by atoms with Crippen LogP contribution in [0.5, 0.6) is 0 Å². The Hall–Kier alpha value is -0.680. The van der Waals surface area contributed by atoms with Crippen molar-refractivity contribution < 1.29 is 4.39 Å². The first-order valence-corrected chi connectivity index (χ1v) is 7.84. The van der Waals surface area contributed by atoms with Crippen LogP contribution in [0.2, 0.25) is 5.02 Å². The highest BCUT2D eigenvalue weighted by atomic mass is 35.5. The molecule has 0 atom stereocenters. The van der Waals surface area contributed by atoms with Crippen molar-refractivity contribution in [3.8, 4) is 0 Å². The van der Waals surface area contributed by atoms with Crippen LogP contribution in [0.25, 0.3) is 0 Å². The van der Waals surface area contributed by atoms with E-state index < -0.39 is 0 Å². The third-order valence-electron chi connectivity index (χ3n) is 4.23. The number of hydrogen-bond donors (Lipinski definition) is 1. The fourth-order valence-corrected chi connectivity index (χ4v) is 2.80. The molecule has 0 amide bonds. The summed E-state index contributed by atoms with van der Waals surface area (Å²) < 4.78 is 13.4. The molecule has 1 fully saturated rings. The van der Waals surface area contributed by atoms with Crippen molar-refractivity contribution in [1.82, 2.24) is 15.1 Å². The maximum atomic E-state index is 13.4. The maximum absolute atomic E-state index is 13.4. The Morgan fingerprint density at radius 3 is 2.52 bits per heavy atom. The van der Waals surface area contributed by atoms with E-state index in [9.17, 15) is 4.39 Å². The first-order chi connectivity index (χ1) is 9.88. The van der Waals surface area contributed by atoms with Gasteiger partial charge in [0, 0.05) is 44.8 Å². The second kappa shape index (κ2) is 7.05. The quantitative estimate of drug-likeness (QED) is 0.901. The Balaban J connectivity index is 1.82. The zero-order chi connectivity index (χ0) is 15.5. The van der Waals surface area contributed by atoms with Crippen molar-refractivity contribution in [2.24, 2.45) is 0 Å². The van der Waals surface area contributed by atoms with Crippen LogP contribution in [0.4, 0.5) is 4.39 Å². The predicted molar refractivity (Wildman–Crippen MR) is 86.3 cm³/mol. The molecule has 0 aliphatic carbocycles. The number of rotatable bonds is 5. The lowest BCUT2D eigenvalue weighted by Crippen LogP contribution is -2.57. The molecule has 0 spiro atoms. The number of nitrogens with one attached hydrogen (secondary N) is 1. The van der Waals surface area contributed by atoms with E-state index in [1.54, 1.807) is 6.07 Å². The van der Waals surface area contributed by atoms with E-state index in [0.29, 0.717) is 6.54 Å². The standard InChI is InChI=1S/C16H25ClFN3/c1-16(2,21-8-6-20(3)7-9-21)12-19-11-13-4-5-14(17)15(18)10-13/h4-5,10,19H,6-9,11-12H2,1-3H3. The fourth-order valence-electron chi connectivity index (χ4n) is 2.69. The van der Waals surface area contributed by atoms with E-state index >= 15 is 0 Å². The molecule has 1 N–H and O–H groups in total. The van der Waals surface area contributed by atoms with E-state index in [0.717, 1.165) is 38.3 Å². The lowest BCUT2D eigenvalue weighted by atomic mass is 10.0. The molecule has 118 valence electrons. The van der Waals surface area contributed by atoms with Gasteiger partial charge in [-0.3, -0.25) is 4.90 Å². The van der Waals surface area contributed by atoms with Gasteiger partial charge >= 0.3 is 0 Å². The highest BCUT2D eigenvalue weighted by molar-refractivity contribution is 6.30. The summed E-state index contributed by atoms with van der Waals surface area (Å²) in [6, 6.07) is 4.97. The highest BCUT2D eigenvalue weighted by Gasteiger charge is 2.28. The number of halogens is 2. The SMILES string of the molecule is CN1CCN(C(C)(C)CNCc2ccc(Cl)c(F)c2)CC1. The topological polar surface area (TPSA) is 18.5 Å².